The number of carbonyl (C=O) groups excluding carboxylic acids is 1. The first-order chi connectivity index (χ1) is 14.6. The van der Waals surface area contributed by atoms with Crippen molar-refractivity contribution in [3.63, 3.8) is 0 Å². The summed E-state index contributed by atoms with van der Waals surface area (Å²) < 4.78 is 1.93. The van der Waals surface area contributed by atoms with Gasteiger partial charge in [0, 0.05) is 28.8 Å². The molecule has 0 saturated heterocycles. The highest BCUT2D eigenvalue weighted by molar-refractivity contribution is 7.98. The smallest absolute Gasteiger partial charge is 0.239 e. The summed E-state index contributed by atoms with van der Waals surface area (Å²) in [6, 6.07) is 23.5. The Hall–Kier alpha value is -3.05. The highest BCUT2D eigenvalue weighted by atomic mass is 32.2. The van der Waals surface area contributed by atoms with Gasteiger partial charge in [-0.2, -0.15) is 11.8 Å². The Morgan fingerprint density at radius 2 is 1.50 bits per heavy atom. The maximum absolute atomic E-state index is 12.8. The zero-order valence-corrected chi connectivity index (χ0v) is 17.7. The maximum Gasteiger partial charge on any atom is 0.239 e. The molecule has 4 nitrogen and oxygen atoms in total. The van der Waals surface area contributed by atoms with Crippen molar-refractivity contribution in [2.75, 3.05) is 12.3 Å². The zero-order valence-electron chi connectivity index (χ0n) is 16.9. The van der Waals surface area contributed by atoms with Crippen LogP contribution in [0.1, 0.15) is 11.1 Å². The normalized spacial score (nSPS) is 11.1. The summed E-state index contributed by atoms with van der Waals surface area (Å²) in [6.45, 7) is 2.89. The van der Waals surface area contributed by atoms with E-state index >= 15 is 0 Å². The number of hydrogen-bond donors (Lipinski definition) is 1. The molecule has 0 unspecified atom stereocenters. The van der Waals surface area contributed by atoms with Crippen molar-refractivity contribution in [2.24, 2.45) is 0 Å². The lowest BCUT2D eigenvalue weighted by atomic mass is 10.1. The van der Waals surface area contributed by atoms with Gasteiger partial charge in [-0.15, -0.1) is 0 Å². The number of hydrogen-bond acceptors (Lipinski definition) is 3. The van der Waals surface area contributed by atoms with Crippen LogP contribution in [0.15, 0.2) is 77.6 Å². The number of carbonyl (C=O) groups is 1. The number of para-hydroxylation sites is 2. The first kappa shape index (κ1) is 20.2. The van der Waals surface area contributed by atoms with Crippen LogP contribution in [0.3, 0.4) is 0 Å². The van der Waals surface area contributed by atoms with Crippen molar-refractivity contribution in [2.45, 2.75) is 19.2 Å². The van der Waals surface area contributed by atoms with Gasteiger partial charge in [-0.05, 0) is 36.8 Å². The van der Waals surface area contributed by atoms with Gasteiger partial charge >= 0.3 is 0 Å². The zero-order chi connectivity index (χ0) is 20.9. The Balaban J connectivity index is 1.42. The van der Waals surface area contributed by atoms with Crippen LogP contribution < -0.4 is 10.7 Å². The van der Waals surface area contributed by atoms with E-state index in [-0.39, 0.29) is 17.9 Å². The Morgan fingerprint density at radius 3 is 2.13 bits per heavy atom. The van der Waals surface area contributed by atoms with Gasteiger partial charge in [0.15, 0.2) is 5.43 Å². The SMILES string of the molecule is Cc1ccc(CSCCNC(=O)Cn2c3ccccc3c(=O)c3ccccc32)cc1. The Bertz CT molecular complexity index is 1190. The molecule has 1 aromatic heterocycles. The van der Waals surface area contributed by atoms with Gasteiger partial charge in [0.2, 0.25) is 5.91 Å². The fourth-order valence-electron chi connectivity index (χ4n) is 3.58. The molecule has 4 rings (SSSR count). The molecule has 4 aromatic rings. The van der Waals surface area contributed by atoms with Crippen molar-refractivity contribution in [3.05, 3.63) is 94.1 Å². The van der Waals surface area contributed by atoms with E-state index in [1.165, 1.54) is 11.1 Å². The second-order valence-electron chi connectivity index (χ2n) is 7.34. The summed E-state index contributed by atoms with van der Waals surface area (Å²) in [5.41, 5.74) is 4.13. The van der Waals surface area contributed by atoms with Crippen molar-refractivity contribution >= 4 is 39.5 Å². The summed E-state index contributed by atoms with van der Waals surface area (Å²) in [4.78, 5) is 25.4. The number of aromatic nitrogens is 1. The topological polar surface area (TPSA) is 51.1 Å². The summed E-state index contributed by atoms with van der Waals surface area (Å²) in [5.74, 6) is 1.74. The van der Waals surface area contributed by atoms with E-state index < -0.39 is 0 Å². The third kappa shape index (κ3) is 4.41. The van der Waals surface area contributed by atoms with Crippen LogP contribution in [0.25, 0.3) is 21.8 Å². The van der Waals surface area contributed by atoms with E-state index in [1.807, 2.05) is 53.1 Å². The molecule has 0 spiro atoms. The van der Waals surface area contributed by atoms with Crippen molar-refractivity contribution in [1.29, 1.82) is 0 Å². The number of rotatable bonds is 7. The molecule has 152 valence electrons. The molecule has 0 saturated carbocycles. The fraction of sp³-hybridized carbons (Fsp3) is 0.200. The number of aryl methyl sites for hydroxylation is 1. The molecule has 0 fully saturated rings. The largest absolute Gasteiger partial charge is 0.354 e. The number of nitrogens with one attached hydrogen (secondary N) is 1. The predicted molar refractivity (Wildman–Crippen MR) is 126 cm³/mol. The number of thioether (sulfide) groups is 1. The van der Waals surface area contributed by atoms with E-state index in [1.54, 1.807) is 11.8 Å². The summed E-state index contributed by atoms with van der Waals surface area (Å²) in [7, 11) is 0. The van der Waals surface area contributed by atoms with Gasteiger partial charge in [-0.25, -0.2) is 0 Å². The molecule has 0 bridgehead atoms. The fourth-order valence-corrected chi connectivity index (χ4v) is 4.40. The highest BCUT2D eigenvalue weighted by Gasteiger charge is 2.12. The molecule has 0 aliphatic carbocycles. The van der Waals surface area contributed by atoms with Crippen molar-refractivity contribution in [1.82, 2.24) is 9.88 Å². The van der Waals surface area contributed by atoms with Gasteiger partial charge in [0.05, 0.1) is 11.0 Å². The van der Waals surface area contributed by atoms with Gasteiger partial charge in [0.1, 0.15) is 6.54 Å². The minimum Gasteiger partial charge on any atom is -0.354 e. The molecule has 1 amide bonds. The average Bonchev–Trinajstić information content (AvgIpc) is 2.77. The van der Waals surface area contributed by atoms with Gasteiger partial charge in [-0.3, -0.25) is 9.59 Å². The van der Waals surface area contributed by atoms with Crippen LogP contribution in [-0.2, 0) is 17.1 Å². The number of pyridine rings is 1. The third-order valence-corrected chi connectivity index (χ3v) is 6.17. The molecule has 1 N–H and O–H groups in total. The summed E-state index contributed by atoms with van der Waals surface area (Å²) in [5, 5.41) is 4.29. The molecule has 0 radical (unpaired) electrons. The monoisotopic (exact) mass is 416 g/mol. The van der Waals surface area contributed by atoms with Crippen LogP contribution in [0, 0.1) is 6.92 Å². The quantitative estimate of drug-likeness (QED) is 0.356. The van der Waals surface area contributed by atoms with E-state index in [4.69, 9.17) is 0 Å². The third-order valence-electron chi connectivity index (χ3n) is 5.14. The second-order valence-corrected chi connectivity index (χ2v) is 8.44. The Morgan fingerprint density at radius 1 is 0.900 bits per heavy atom. The molecule has 0 aliphatic heterocycles. The van der Waals surface area contributed by atoms with Crippen LogP contribution in [-0.4, -0.2) is 22.8 Å². The lowest BCUT2D eigenvalue weighted by Gasteiger charge is -2.15. The van der Waals surface area contributed by atoms with Gasteiger partial charge in [0.25, 0.3) is 0 Å². The average molecular weight is 417 g/mol. The first-order valence-electron chi connectivity index (χ1n) is 10.0. The highest BCUT2D eigenvalue weighted by Crippen LogP contribution is 2.19. The first-order valence-corrected chi connectivity index (χ1v) is 11.2. The van der Waals surface area contributed by atoms with Crippen LogP contribution in [0.4, 0.5) is 0 Å². The summed E-state index contributed by atoms with van der Waals surface area (Å²) >= 11 is 1.80. The lowest BCUT2D eigenvalue weighted by molar-refractivity contribution is -0.121. The molecule has 0 aliphatic rings. The van der Waals surface area contributed by atoms with E-state index in [0.717, 1.165) is 22.5 Å². The van der Waals surface area contributed by atoms with Crippen LogP contribution >= 0.6 is 11.8 Å². The molecule has 1 heterocycles. The Labute approximate surface area is 179 Å². The van der Waals surface area contributed by atoms with Gasteiger partial charge in [-0.1, -0.05) is 54.1 Å². The number of nitrogens with zero attached hydrogens (tertiary/aromatic N) is 1. The second kappa shape index (κ2) is 9.18. The van der Waals surface area contributed by atoms with Crippen molar-refractivity contribution in [3.8, 4) is 0 Å². The summed E-state index contributed by atoms with van der Waals surface area (Å²) in [6.07, 6.45) is 0. The molecular formula is C25H24N2O2S. The molecule has 5 heteroatoms. The molecule has 30 heavy (non-hydrogen) atoms. The minimum absolute atomic E-state index is 0.00497. The van der Waals surface area contributed by atoms with E-state index in [9.17, 15) is 9.59 Å². The number of benzene rings is 3. The van der Waals surface area contributed by atoms with Crippen LogP contribution in [0.2, 0.25) is 0 Å². The molecule has 3 aromatic carbocycles. The van der Waals surface area contributed by atoms with E-state index in [0.29, 0.717) is 17.3 Å². The predicted octanol–water partition coefficient (Wildman–Crippen LogP) is 4.51. The van der Waals surface area contributed by atoms with E-state index in [2.05, 4.69) is 36.5 Å². The Kier molecular flexibility index (Phi) is 6.19. The molecular weight excluding hydrogens is 392 g/mol. The number of fused-ring (bicyclic) bond motifs is 2. The number of amides is 1. The van der Waals surface area contributed by atoms with Gasteiger partial charge < -0.3 is 9.88 Å². The standard InChI is InChI=1S/C25H24N2O2S/c1-18-10-12-19(13-11-18)17-30-15-14-26-24(28)16-27-22-8-4-2-6-20(22)25(29)21-7-3-5-9-23(21)27/h2-13H,14-17H2,1H3,(H,26,28). The minimum atomic E-state index is -0.0510. The van der Waals surface area contributed by atoms with Crippen molar-refractivity contribution < 1.29 is 4.79 Å². The molecule has 0 atom stereocenters. The maximum atomic E-state index is 12.8. The van der Waals surface area contributed by atoms with Crippen LogP contribution in [0.5, 0.6) is 0 Å². The lowest BCUT2D eigenvalue weighted by Crippen LogP contribution is -2.30.